The van der Waals surface area contributed by atoms with Crippen LogP contribution in [-0.2, 0) is 11.8 Å². The summed E-state index contributed by atoms with van der Waals surface area (Å²) < 4.78 is 204. The standard InChI is InChI=1S/C9H3F8N.C6H6F8.C5H3I2N/c10-6(11)4-2-1-3-18-5(4)7(12,13)9(16,17)8(6,14)15;1-3(7,8)5(11,12)6(13,14)4(2,9)10;6-4-2-1-3-8-5(4)7/h1-3H;1-2H3;1-3H. The molecule has 0 spiro atoms. The number of rotatable bonds is 3. The van der Waals surface area contributed by atoms with E-state index in [2.05, 4.69) is 55.1 Å². The Kier molecular flexibility index (Phi) is 10.4. The van der Waals surface area contributed by atoms with Gasteiger partial charge in [-0.2, -0.15) is 70.2 Å². The number of hydrogen-bond donors (Lipinski definition) is 0. The minimum absolute atomic E-state index is 0.222. The Morgan fingerprint density at radius 3 is 1.32 bits per heavy atom. The molecule has 0 saturated heterocycles. The Morgan fingerprint density at radius 2 is 0.975 bits per heavy atom. The molecule has 0 aromatic carbocycles. The van der Waals surface area contributed by atoms with Gasteiger partial charge in [0.25, 0.3) is 0 Å². The summed E-state index contributed by atoms with van der Waals surface area (Å²) in [5.74, 6) is -46.0. The third-order valence-electron chi connectivity index (χ3n) is 4.84. The van der Waals surface area contributed by atoms with Crippen molar-refractivity contribution in [2.45, 2.75) is 61.2 Å². The number of hydrogen-bond acceptors (Lipinski definition) is 2. The van der Waals surface area contributed by atoms with Crippen LogP contribution in [0.3, 0.4) is 0 Å². The molecule has 20 heteroatoms. The van der Waals surface area contributed by atoms with Gasteiger partial charge in [-0.25, -0.2) is 4.98 Å². The maximum absolute atomic E-state index is 13.2. The van der Waals surface area contributed by atoms with Crippen molar-refractivity contribution in [1.82, 2.24) is 9.97 Å². The van der Waals surface area contributed by atoms with E-state index in [0.29, 0.717) is 12.3 Å². The molecule has 228 valence electrons. The minimum Gasteiger partial charge on any atom is -0.254 e. The molecule has 0 unspecified atom stereocenters. The summed E-state index contributed by atoms with van der Waals surface area (Å²) in [6.07, 6.45) is 2.34. The van der Waals surface area contributed by atoms with Gasteiger partial charge in [-0.15, -0.1) is 0 Å². The first kappa shape index (κ1) is 36.7. The van der Waals surface area contributed by atoms with Gasteiger partial charge in [0.05, 0.1) is 5.56 Å². The topological polar surface area (TPSA) is 25.8 Å². The van der Waals surface area contributed by atoms with Gasteiger partial charge in [0.1, 0.15) is 9.39 Å². The van der Waals surface area contributed by atoms with Gasteiger partial charge in [0, 0.05) is 29.8 Å². The van der Waals surface area contributed by atoms with Crippen molar-refractivity contribution < 1.29 is 70.2 Å². The molecule has 0 saturated carbocycles. The lowest BCUT2D eigenvalue weighted by molar-refractivity contribution is -0.387. The van der Waals surface area contributed by atoms with Gasteiger partial charge in [-0.3, -0.25) is 4.98 Å². The smallest absolute Gasteiger partial charge is 0.254 e. The Balaban J connectivity index is 0.000000323. The summed E-state index contributed by atoms with van der Waals surface area (Å²) in [5, 5.41) is 0. The predicted octanol–water partition coefficient (Wildman–Crippen LogP) is 9.41. The molecule has 0 atom stereocenters. The molecule has 2 aromatic heterocycles. The van der Waals surface area contributed by atoms with Crippen molar-refractivity contribution in [2.75, 3.05) is 0 Å². The van der Waals surface area contributed by atoms with E-state index < -0.39 is 72.5 Å². The van der Waals surface area contributed by atoms with Gasteiger partial charge < -0.3 is 0 Å². The molecule has 0 N–H and O–H groups in total. The molecule has 1 aliphatic carbocycles. The van der Waals surface area contributed by atoms with Crippen LogP contribution in [0.1, 0.15) is 25.1 Å². The van der Waals surface area contributed by atoms with E-state index in [1.165, 1.54) is 3.57 Å². The highest BCUT2D eigenvalue weighted by atomic mass is 127. The average Bonchev–Trinajstić information content (AvgIpc) is 2.79. The monoisotopic (exact) mass is 838 g/mol. The number of alkyl halides is 16. The van der Waals surface area contributed by atoms with E-state index in [9.17, 15) is 70.2 Å². The Morgan fingerprint density at radius 1 is 0.600 bits per heavy atom. The van der Waals surface area contributed by atoms with E-state index in [1.807, 2.05) is 12.1 Å². The van der Waals surface area contributed by atoms with Gasteiger partial charge >= 0.3 is 47.4 Å². The Hall–Kier alpha value is -1.36. The van der Waals surface area contributed by atoms with E-state index >= 15 is 0 Å². The lowest BCUT2D eigenvalue weighted by atomic mass is 9.83. The van der Waals surface area contributed by atoms with Crippen molar-refractivity contribution in [3.05, 3.63) is 55.2 Å². The average molecular weight is 838 g/mol. The van der Waals surface area contributed by atoms with Crippen LogP contribution >= 0.6 is 45.2 Å². The SMILES string of the molecule is CC(F)(F)C(F)(F)C(F)(F)C(C)(F)F.FC1(F)c2cccnc2C(F)(F)C(F)(F)C1(F)F.Ic1cccnc1I. The number of halogens is 18. The molecule has 3 rings (SSSR count). The van der Waals surface area contributed by atoms with E-state index in [-0.39, 0.29) is 6.07 Å². The maximum atomic E-state index is 13.2. The van der Waals surface area contributed by atoms with Crippen molar-refractivity contribution in [1.29, 1.82) is 0 Å². The molecule has 1 aliphatic rings. The van der Waals surface area contributed by atoms with Crippen molar-refractivity contribution in [3.63, 3.8) is 0 Å². The first-order valence-electron chi connectivity index (χ1n) is 9.78. The fourth-order valence-corrected chi connectivity index (χ4v) is 3.23. The van der Waals surface area contributed by atoms with Crippen LogP contribution in [0.25, 0.3) is 0 Å². The first-order valence-corrected chi connectivity index (χ1v) is 11.9. The third-order valence-corrected chi connectivity index (χ3v) is 7.60. The van der Waals surface area contributed by atoms with Crippen LogP contribution in [0.5, 0.6) is 0 Å². The second-order valence-electron chi connectivity index (χ2n) is 7.90. The number of nitrogens with zero attached hydrogens (tertiary/aromatic N) is 2. The molecule has 2 nitrogen and oxygen atoms in total. The largest absolute Gasteiger partial charge is 0.384 e. The molecule has 2 heterocycles. The molecular formula is C20H12F16I2N2. The third kappa shape index (κ3) is 6.20. The summed E-state index contributed by atoms with van der Waals surface area (Å²) in [4.78, 5) is 6.74. The van der Waals surface area contributed by atoms with Crippen molar-refractivity contribution >= 4 is 45.2 Å². The van der Waals surface area contributed by atoms with Crippen LogP contribution in [0.2, 0.25) is 0 Å². The molecule has 0 aliphatic heterocycles. The summed E-state index contributed by atoms with van der Waals surface area (Å²) in [5.41, 5.74) is -3.93. The maximum Gasteiger partial charge on any atom is 0.384 e. The highest BCUT2D eigenvalue weighted by Gasteiger charge is 2.86. The molecule has 2 aromatic rings. The lowest BCUT2D eigenvalue weighted by Gasteiger charge is -2.41. The summed E-state index contributed by atoms with van der Waals surface area (Å²) in [7, 11) is 0. The van der Waals surface area contributed by atoms with Gasteiger partial charge in [0.15, 0.2) is 0 Å². The molecule has 40 heavy (non-hydrogen) atoms. The molecule has 0 amide bonds. The summed E-state index contributed by atoms with van der Waals surface area (Å²) >= 11 is 4.46. The van der Waals surface area contributed by atoms with Crippen LogP contribution < -0.4 is 0 Å². The van der Waals surface area contributed by atoms with Gasteiger partial charge in [-0.1, -0.05) is 0 Å². The quantitative estimate of drug-likeness (QED) is 0.175. The fourth-order valence-electron chi connectivity index (χ4n) is 2.54. The van der Waals surface area contributed by atoms with Crippen LogP contribution in [0.4, 0.5) is 70.2 Å². The fraction of sp³-hybridized carbons (Fsp3) is 0.500. The van der Waals surface area contributed by atoms with E-state index in [1.54, 1.807) is 6.20 Å². The zero-order valence-electron chi connectivity index (χ0n) is 19.2. The Bertz CT molecular complexity index is 1090. The number of fused-ring (bicyclic) bond motifs is 1. The minimum atomic E-state index is -6.23. The normalized spacial score (nSPS) is 19.3. The van der Waals surface area contributed by atoms with E-state index in [4.69, 9.17) is 0 Å². The van der Waals surface area contributed by atoms with Crippen LogP contribution in [0.15, 0.2) is 36.7 Å². The lowest BCUT2D eigenvalue weighted by Crippen LogP contribution is -2.64. The second kappa shape index (κ2) is 11.4. The Labute approximate surface area is 241 Å². The molecule has 0 fully saturated rings. The highest BCUT2D eigenvalue weighted by molar-refractivity contribution is 14.1. The molecule has 0 bridgehead atoms. The zero-order chi connectivity index (χ0) is 32.0. The van der Waals surface area contributed by atoms with E-state index in [0.717, 1.165) is 3.70 Å². The number of pyridine rings is 2. The molecule has 0 radical (unpaired) electrons. The number of aromatic nitrogens is 2. The van der Waals surface area contributed by atoms with Crippen LogP contribution in [-0.4, -0.2) is 45.5 Å². The molecular weight excluding hydrogens is 826 g/mol. The zero-order valence-corrected chi connectivity index (χ0v) is 23.5. The predicted molar refractivity (Wildman–Crippen MR) is 123 cm³/mol. The highest BCUT2D eigenvalue weighted by Crippen LogP contribution is 2.64. The van der Waals surface area contributed by atoms with Crippen molar-refractivity contribution in [3.8, 4) is 0 Å². The first-order chi connectivity index (χ1) is 17.5. The summed E-state index contributed by atoms with van der Waals surface area (Å²) in [6, 6.07) is 4.88. The van der Waals surface area contributed by atoms with Crippen molar-refractivity contribution in [2.24, 2.45) is 0 Å². The second-order valence-corrected chi connectivity index (χ2v) is 10.1. The van der Waals surface area contributed by atoms with Gasteiger partial charge in [-0.05, 0) is 69.4 Å². The van der Waals surface area contributed by atoms with Crippen LogP contribution in [0, 0.1) is 7.27 Å². The summed E-state index contributed by atoms with van der Waals surface area (Å²) in [6.45, 7) is -1.10. The van der Waals surface area contributed by atoms with Gasteiger partial charge in [0.2, 0.25) is 0 Å².